The Morgan fingerprint density at radius 3 is 2.38 bits per heavy atom. The number of nitrogens with two attached hydrogens (primary N) is 1. The zero-order chi connectivity index (χ0) is 8.82. The van der Waals surface area contributed by atoms with Gasteiger partial charge in [0, 0.05) is 5.54 Å². The molecule has 2 bridgehead atoms. The van der Waals surface area contributed by atoms with E-state index >= 15 is 0 Å². The van der Waals surface area contributed by atoms with Gasteiger partial charge in [0.05, 0.1) is 13.0 Å². The molecule has 0 aliphatic heterocycles. The van der Waals surface area contributed by atoms with E-state index < -0.39 is 0 Å². The first-order valence-electron chi connectivity index (χ1n) is 4.52. The molecule has 0 aromatic carbocycles. The second-order valence-corrected chi connectivity index (χ2v) is 4.37. The third-order valence-corrected chi connectivity index (χ3v) is 3.01. The van der Waals surface area contributed by atoms with Gasteiger partial charge in [0.1, 0.15) is 0 Å². The summed E-state index contributed by atoms with van der Waals surface area (Å²) in [4.78, 5) is 11.1. The van der Waals surface area contributed by atoms with Crippen LogP contribution in [0.4, 0.5) is 0 Å². The molecule has 3 fully saturated rings. The Labute approximate surface area is 84.4 Å². The molecule has 76 valence electrons. The highest BCUT2D eigenvalue weighted by atomic mass is 35.5. The lowest BCUT2D eigenvalue weighted by atomic mass is 9.39. The van der Waals surface area contributed by atoms with Crippen LogP contribution in [0.5, 0.6) is 0 Å². The lowest BCUT2D eigenvalue weighted by Crippen LogP contribution is -2.72. The van der Waals surface area contributed by atoms with Gasteiger partial charge in [-0.2, -0.15) is 0 Å². The predicted molar refractivity (Wildman–Crippen MR) is 51.7 cm³/mol. The summed E-state index contributed by atoms with van der Waals surface area (Å²) < 4.78 is 4.89. The molecule has 13 heavy (non-hydrogen) atoms. The molecule has 0 radical (unpaired) electrons. The van der Waals surface area contributed by atoms with E-state index in [4.69, 9.17) is 10.5 Å². The molecule has 3 nitrogen and oxygen atoms in total. The van der Waals surface area contributed by atoms with Crippen LogP contribution in [-0.2, 0) is 9.53 Å². The van der Waals surface area contributed by atoms with Crippen molar-refractivity contribution < 1.29 is 9.53 Å². The van der Waals surface area contributed by atoms with Crippen molar-refractivity contribution >= 4 is 18.4 Å². The minimum Gasteiger partial charge on any atom is -0.466 e. The van der Waals surface area contributed by atoms with Crippen LogP contribution in [0, 0.1) is 5.41 Å². The summed E-state index contributed by atoms with van der Waals surface area (Å²) in [6.07, 6.45) is 3.66. The van der Waals surface area contributed by atoms with E-state index in [1.807, 2.05) is 6.92 Å². The Kier molecular flexibility index (Phi) is 2.61. The molecule has 0 spiro atoms. The van der Waals surface area contributed by atoms with Crippen LogP contribution in [0.1, 0.15) is 32.6 Å². The van der Waals surface area contributed by atoms with Crippen molar-refractivity contribution in [3.05, 3.63) is 0 Å². The molecule has 0 amide bonds. The van der Waals surface area contributed by atoms with Gasteiger partial charge in [-0.15, -0.1) is 12.4 Å². The van der Waals surface area contributed by atoms with Gasteiger partial charge in [0.25, 0.3) is 0 Å². The van der Waals surface area contributed by atoms with Crippen LogP contribution in [0.15, 0.2) is 0 Å². The van der Waals surface area contributed by atoms with Crippen molar-refractivity contribution in [1.29, 1.82) is 0 Å². The molecule has 0 aromatic rings. The van der Waals surface area contributed by atoms with Gasteiger partial charge < -0.3 is 10.5 Å². The monoisotopic (exact) mass is 205 g/mol. The van der Waals surface area contributed by atoms with E-state index in [-0.39, 0.29) is 29.3 Å². The highest BCUT2D eigenvalue weighted by Crippen LogP contribution is 2.67. The smallest absolute Gasteiger partial charge is 0.306 e. The quantitative estimate of drug-likeness (QED) is 0.706. The zero-order valence-electron chi connectivity index (χ0n) is 7.84. The van der Waals surface area contributed by atoms with Crippen molar-refractivity contribution in [2.75, 3.05) is 6.61 Å². The molecule has 0 saturated heterocycles. The largest absolute Gasteiger partial charge is 0.466 e. The van der Waals surface area contributed by atoms with Gasteiger partial charge in [0.2, 0.25) is 0 Å². The number of carbonyl (C=O) groups is 1. The maximum atomic E-state index is 11.1. The van der Waals surface area contributed by atoms with Crippen LogP contribution < -0.4 is 5.73 Å². The first kappa shape index (κ1) is 10.8. The summed E-state index contributed by atoms with van der Waals surface area (Å²) in [5.74, 6) is -0.0562. The maximum absolute atomic E-state index is 11.1. The highest BCUT2D eigenvalue weighted by molar-refractivity contribution is 5.85. The molecular formula is C9H16ClNO2. The van der Waals surface area contributed by atoms with Gasteiger partial charge in [-0.25, -0.2) is 0 Å². The van der Waals surface area contributed by atoms with Gasteiger partial charge in [-0.3, -0.25) is 4.79 Å². The van der Waals surface area contributed by atoms with Crippen molar-refractivity contribution in [1.82, 2.24) is 0 Å². The van der Waals surface area contributed by atoms with Crippen molar-refractivity contribution in [3.8, 4) is 0 Å². The van der Waals surface area contributed by atoms with Crippen molar-refractivity contribution in [2.45, 2.75) is 38.1 Å². The molecular weight excluding hydrogens is 190 g/mol. The minimum atomic E-state index is -0.0562. The van der Waals surface area contributed by atoms with Gasteiger partial charge in [-0.1, -0.05) is 0 Å². The third kappa shape index (κ3) is 1.67. The molecule has 0 aromatic heterocycles. The molecule has 0 heterocycles. The number of hydrogen-bond donors (Lipinski definition) is 1. The molecule has 3 rings (SSSR count). The Bertz CT molecular complexity index is 210. The summed E-state index contributed by atoms with van der Waals surface area (Å²) in [6.45, 7) is 2.33. The Morgan fingerprint density at radius 2 is 2.00 bits per heavy atom. The van der Waals surface area contributed by atoms with E-state index in [0.717, 1.165) is 19.3 Å². The topological polar surface area (TPSA) is 52.3 Å². The summed E-state index contributed by atoms with van der Waals surface area (Å²) >= 11 is 0. The van der Waals surface area contributed by atoms with E-state index in [1.54, 1.807) is 0 Å². The fourth-order valence-electron chi connectivity index (χ4n) is 2.79. The number of carbonyl (C=O) groups excluding carboxylic acids is 1. The SMILES string of the molecule is CCOC(=O)CC12CC(N)(C1)C2.Cl. The molecule has 3 saturated carbocycles. The second-order valence-electron chi connectivity index (χ2n) is 4.37. The van der Waals surface area contributed by atoms with Crippen molar-refractivity contribution in [3.63, 3.8) is 0 Å². The van der Waals surface area contributed by atoms with Gasteiger partial charge in [0.15, 0.2) is 0 Å². The zero-order valence-corrected chi connectivity index (χ0v) is 8.65. The fourth-order valence-corrected chi connectivity index (χ4v) is 2.79. The molecule has 3 aliphatic carbocycles. The summed E-state index contributed by atoms with van der Waals surface area (Å²) in [5, 5.41) is 0. The summed E-state index contributed by atoms with van der Waals surface area (Å²) in [6, 6.07) is 0. The van der Waals surface area contributed by atoms with E-state index in [0.29, 0.717) is 13.0 Å². The van der Waals surface area contributed by atoms with Crippen LogP contribution in [0.25, 0.3) is 0 Å². The maximum Gasteiger partial charge on any atom is 0.306 e. The van der Waals surface area contributed by atoms with Crippen molar-refractivity contribution in [2.24, 2.45) is 11.1 Å². The molecule has 0 unspecified atom stereocenters. The average Bonchev–Trinajstić information content (AvgIpc) is 1.82. The van der Waals surface area contributed by atoms with E-state index in [1.165, 1.54) is 0 Å². The van der Waals surface area contributed by atoms with Crippen LogP contribution in [0.3, 0.4) is 0 Å². The average molecular weight is 206 g/mol. The molecule has 2 N–H and O–H groups in total. The van der Waals surface area contributed by atoms with Gasteiger partial charge >= 0.3 is 5.97 Å². The second kappa shape index (κ2) is 3.14. The molecule has 4 heteroatoms. The lowest BCUT2D eigenvalue weighted by Gasteiger charge is -2.68. The first-order valence-corrected chi connectivity index (χ1v) is 4.52. The highest BCUT2D eigenvalue weighted by Gasteiger charge is 2.66. The normalized spacial score (nSPS) is 39.5. The van der Waals surface area contributed by atoms with Crippen LogP contribution >= 0.6 is 12.4 Å². The van der Waals surface area contributed by atoms with E-state index in [2.05, 4.69) is 0 Å². The predicted octanol–water partition coefficient (Wildman–Crippen LogP) is 1.24. The number of rotatable bonds is 3. The van der Waals surface area contributed by atoms with Crippen LogP contribution in [0.2, 0.25) is 0 Å². The standard InChI is InChI=1S/C9H15NO2.ClH/c1-2-12-7(11)3-8-4-9(10,5-8)6-8;/h2-6,10H2,1H3;1H. The number of halogens is 1. The Morgan fingerprint density at radius 1 is 1.46 bits per heavy atom. The molecule has 0 atom stereocenters. The van der Waals surface area contributed by atoms with Crippen LogP contribution in [-0.4, -0.2) is 18.1 Å². The lowest BCUT2D eigenvalue weighted by molar-refractivity contribution is -0.170. The number of hydrogen-bond acceptors (Lipinski definition) is 3. The first-order chi connectivity index (χ1) is 5.58. The molecule has 3 aliphatic rings. The fraction of sp³-hybridized carbons (Fsp3) is 0.889. The third-order valence-electron chi connectivity index (χ3n) is 3.01. The van der Waals surface area contributed by atoms with E-state index in [9.17, 15) is 4.79 Å². The number of ether oxygens (including phenoxy) is 1. The number of esters is 1. The minimum absolute atomic E-state index is 0. The Hall–Kier alpha value is -0.280. The summed E-state index contributed by atoms with van der Waals surface area (Å²) in [7, 11) is 0. The van der Waals surface area contributed by atoms with Gasteiger partial charge in [-0.05, 0) is 31.6 Å². The Balaban J connectivity index is 0.000000845. The summed E-state index contributed by atoms with van der Waals surface area (Å²) in [5.41, 5.74) is 6.22.